The average Bonchev–Trinajstić information content (AvgIpc) is 2.75. The van der Waals surface area contributed by atoms with Gasteiger partial charge in [-0.15, -0.1) is 0 Å². The van der Waals surface area contributed by atoms with Gasteiger partial charge in [0.1, 0.15) is 0 Å². The van der Waals surface area contributed by atoms with Crippen molar-refractivity contribution in [2.45, 2.75) is 6.42 Å². The number of anilines is 1. The number of morpholine rings is 1. The van der Waals surface area contributed by atoms with Crippen LogP contribution in [0.25, 0.3) is 11.1 Å². The summed E-state index contributed by atoms with van der Waals surface area (Å²) in [5.74, 6) is 0.0455. The number of carbonyl (C=O) groups excluding carboxylic acids is 2. The van der Waals surface area contributed by atoms with Crippen LogP contribution in [0.1, 0.15) is 16.8 Å². The first-order valence-corrected chi connectivity index (χ1v) is 9.27. The van der Waals surface area contributed by atoms with Gasteiger partial charge in [0.2, 0.25) is 0 Å². The molecule has 2 aromatic carbocycles. The number of hydrogen-bond acceptors (Lipinski definition) is 4. The fourth-order valence-electron chi connectivity index (χ4n) is 3.66. The van der Waals surface area contributed by atoms with Crippen molar-refractivity contribution in [3.8, 4) is 11.1 Å². The Kier molecular flexibility index (Phi) is 5.03. The van der Waals surface area contributed by atoms with E-state index in [0.717, 1.165) is 48.3 Å². The highest BCUT2D eigenvalue weighted by Crippen LogP contribution is 2.28. The summed E-state index contributed by atoms with van der Waals surface area (Å²) in [5, 5.41) is 0. The van der Waals surface area contributed by atoms with Gasteiger partial charge in [-0.2, -0.15) is 0 Å². The van der Waals surface area contributed by atoms with Crippen LogP contribution < -0.4 is 4.90 Å². The number of carbonyl (C=O) groups is 2. The Morgan fingerprint density at radius 2 is 1.67 bits per heavy atom. The van der Waals surface area contributed by atoms with Gasteiger partial charge in [0, 0.05) is 30.9 Å². The van der Waals surface area contributed by atoms with Gasteiger partial charge in [0.15, 0.2) is 6.29 Å². The monoisotopic (exact) mass is 362 g/mol. The number of amides is 1. The van der Waals surface area contributed by atoms with E-state index in [9.17, 15) is 9.59 Å². The lowest BCUT2D eigenvalue weighted by molar-refractivity contribution is -0.117. The summed E-state index contributed by atoms with van der Waals surface area (Å²) in [4.78, 5) is 28.2. The topological polar surface area (TPSA) is 49.9 Å². The molecule has 27 heavy (non-hydrogen) atoms. The first-order valence-electron chi connectivity index (χ1n) is 9.27. The quantitative estimate of drug-likeness (QED) is 0.784. The van der Waals surface area contributed by atoms with Crippen LogP contribution in [0.3, 0.4) is 0 Å². The third kappa shape index (κ3) is 3.51. The summed E-state index contributed by atoms with van der Waals surface area (Å²) in [6, 6.07) is 15.4. The molecule has 0 radical (unpaired) electrons. The minimum Gasteiger partial charge on any atom is -0.378 e. The Labute approximate surface area is 158 Å². The Morgan fingerprint density at radius 1 is 0.926 bits per heavy atom. The van der Waals surface area contributed by atoms with Crippen LogP contribution in [0.5, 0.6) is 0 Å². The molecule has 0 N–H and O–H groups in total. The minimum absolute atomic E-state index is 0.0455. The lowest BCUT2D eigenvalue weighted by Crippen LogP contribution is -2.45. The second-order valence-electron chi connectivity index (χ2n) is 6.69. The molecule has 5 nitrogen and oxygen atoms in total. The molecule has 0 unspecified atom stereocenters. The zero-order valence-corrected chi connectivity index (χ0v) is 15.1. The lowest BCUT2D eigenvalue weighted by Gasteiger charge is -2.35. The Bertz CT molecular complexity index is 867. The number of nitrogens with zero attached hydrogens (tertiary/aromatic N) is 2. The summed E-state index contributed by atoms with van der Waals surface area (Å²) in [5.41, 5.74) is 4.19. The average molecular weight is 362 g/mol. The van der Waals surface area contributed by atoms with E-state index in [0.29, 0.717) is 25.3 Å². The molecule has 138 valence electrons. The molecular weight excluding hydrogens is 340 g/mol. The third-order valence-corrected chi connectivity index (χ3v) is 5.08. The van der Waals surface area contributed by atoms with E-state index >= 15 is 0 Å². The smallest absolute Gasteiger partial charge is 0.274 e. The summed E-state index contributed by atoms with van der Waals surface area (Å²) < 4.78 is 5.39. The molecule has 2 aliphatic rings. The summed E-state index contributed by atoms with van der Waals surface area (Å²) in [7, 11) is 0. The SMILES string of the molecule is O=Cc1ccccc1-c1ccc(N2CCC=C(N3CCOCC3)C2=O)cc1. The van der Waals surface area contributed by atoms with Gasteiger partial charge in [-0.3, -0.25) is 9.59 Å². The van der Waals surface area contributed by atoms with Gasteiger partial charge >= 0.3 is 0 Å². The van der Waals surface area contributed by atoms with E-state index in [1.54, 1.807) is 0 Å². The number of hydrogen-bond donors (Lipinski definition) is 0. The van der Waals surface area contributed by atoms with Crippen molar-refractivity contribution in [2.24, 2.45) is 0 Å². The Hall–Kier alpha value is -2.92. The molecule has 0 aliphatic carbocycles. The Balaban J connectivity index is 1.56. The molecule has 0 atom stereocenters. The van der Waals surface area contributed by atoms with E-state index in [-0.39, 0.29) is 5.91 Å². The van der Waals surface area contributed by atoms with Crippen molar-refractivity contribution in [2.75, 3.05) is 37.7 Å². The lowest BCUT2D eigenvalue weighted by atomic mass is 10.00. The Morgan fingerprint density at radius 3 is 2.41 bits per heavy atom. The number of ether oxygens (including phenoxy) is 1. The highest BCUT2D eigenvalue weighted by Gasteiger charge is 2.28. The fraction of sp³-hybridized carbons (Fsp3) is 0.273. The molecule has 2 aromatic rings. The minimum atomic E-state index is 0.0455. The zero-order valence-electron chi connectivity index (χ0n) is 15.1. The second kappa shape index (κ2) is 7.76. The van der Waals surface area contributed by atoms with Gasteiger partial charge in [-0.25, -0.2) is 0 Å². The van der Waals surface area contributed by atoms with Crippen molar-refractivity contribution < 1.29 is 14.3 Å². The van der Waals surface area contributed by atoms with Crippen molar-refractivity contribution in [1.29, 1.82) is 0 Å². The normalized spacial score (nSPS) is 17.6. The molecule has 2 aliphatic heterocycles. The van der Waals surface area contributed by atoms with Crippen LogP contribution in [-0.2, 0) is 9.53 Å². The van der Waals surface area contributed by atoms with Crippen LogP contribution in [0.4, 0.5) is 5.69 Å². The van der Waals surface area contributed by atoms with Crippen LogP contribution in [-0.4, -0.2) is 49.9 Å². The van der Waals surface area contributed by atoms with Gasteiger partial charge in [0.05, 0.1) is 18.9 Å². The highest BCUT2D eigenvalue weighted by atomic mass is 16.5. The maximum absolute atomic E-state index is 13.0. The maximum Gasteiger partial charge on any atom is 0.274 e. The molecular formula is C22H22N2O3. The largest absolute Gasteiger partial charge is 0.378 e. The maximum atomic E-state index is 13.0. The fourth-order valence-corrected chi connectivity index (χ4v) is 3.66. The predicted octanol–water partition coefficient (Wildman–Crippen LogP) is 3.12. The van der Waals surface area contributed by atoms with Crippen molar-refractivity contribution in [3.63, 3.8) is 0 Å². The zero-order chi connectivity index (χ0) is 18.6. The molecule has 0 spiro atoms. The molecule has 2 heterocycles. The van der Waals surface area contributed by atoms with Crippen LogP contribution in [0.15, 0.2) is 60.3 Å². The standard InChI is InChI=1S/C22H22N2O3/c25-16-18-4-1-2-5-20(18)17-7-9-19(10-8-17)24-11-3-6-21(22(24)26)23-12-14-27-15-13-23/h1-2,4-10,16H,3,11-15H2. The van der Waals surface area contributed by atoms with Crippen LogP contribution in [0.2, 0.25) is 0 Å². The molecule has 1 saturated heterocycles. The van der Waals surface area contributed by atoms with E-state index in [1.807, 2.05) is 59.5 Å². The van der Waals surface area contributed by atoms with Crippen molar-refractivity contribution in [1.82, 2.24) is 4.90 Å². The van der Waals surface area contributed by atoms with Crippen molar-refractivity contribution in [3.05, 3.63) is 65.9 Å². The van der Waals surface area contributed by atoms with Gasteiger partial charge in [-0.05, 0) is 29.7 Å². The molecule has 0 saturated carbocycles. The van der Waals surface area contributed by atoms with E-state index in [2.05, 4.69) is 4.90 Å². The first-order chi connectivity index (χ1) is 13.3. The summed E-state index contributed by atoms with van der Waals surface area (Å²) in [6.45, 7) is 3.52. The number of benzene rings is 2. The third-order valence-electron chi connectivity index (χ3n) is 5.08. The molecule has 1 fully saturated rings. The van der Waals surface area contributed by atoms with E-state index in [4.69, 9.17) is 4.74 Å². The molecule has 5 heteroatoms. The number of aldehydes is 1. The highest BCUT2D eigenvalue weighted by molar-refractivity contribution is 6.06. The van der Waals surface area contributed by atoms with Gasteiger partial charge < -0.3 is 14.5 Å². The summed E-state index contributed by atoms with van der Waals surface area (Å²) in [6.07, 6.45) is 3.75. The van der Waals surface area contributed by atoms with Crippen molar-refractivity contribution >= 4 is 17.9 Å². The second-order valence-corrected chi connectivity index (χ2v) is 6.69. The number of rotatable bonds is 4. The van der Waals surface area contributed by atoms with E-state index in [1.165, 1.54) is 0 Å². The van der Waals surface area contributed by atoms with E-state index < -0.39 is 0 Å². The summed E-state index contributed by atoms with van der Waals surface area (Å²) >= 11 is 0. The molecule has 1 amide bonds. The van der Waals surface area contributed by atoms with Gasteiger partial charge in [0.25, 0.3) is 5.91 Å². The predicted molar refractivity (Wildman–Crippen MR) is 105 cm³/mol. The first kappa shape index (κ1) is 17.5. The molecule has 0 aromatic heterocycles. The van der Waals surface area contributed by atoms with Crippen LogP contribution in [0, 0.1) is 0 Å². The molecule has 0 bridgehead atoms. The van der Waals surface area contributed by atoms with Gasteiger partial charge in [-0.1, -0.05) is 42.5 Å². The van der Waals surface area contributed by atoms with Crippen LogP contribution >= 0.6 is 0 Å². The molecule has 4 rings (SSSR count).